The van der Waals surface area contributed by atoms with Gasteiger partial charge in [0.25, 0.3) is 0 Å². The average Bonchev–Trinajstić information content (AvgIpc) is 1.95. The fourth-order valence-corrected chi connectivity index (χ4v) is 0.574. The van der Waals surface area contributed by atoms with Gasteiger partial charge in [0.15, 0.2) is 0 Å². The number of rotatable bonds is 3. The Morgan fingerprint density at radius 3 is 1.50 bits per heavy atom. The van der Waals surface area contributed by atoms with E-state index in [0.29, 0.717) is 0 Å². The summed E-state index contributed by atoms with van der Waals surface area (Å²) < 4.78 is 34.4. The van der Waals surface area contributed by atoms with Gasteiger partial charge >= 0.3 is 59.4 Å². The van der Waals surface area contributed by atoms with E-state index in [-0.39, 0.29) is 51.4 Å². The van der Waals surface area contributed by atoms with Gasteiger partial charge in [-0.1, -0.05) is 0 Å². The van der Waals surface area contributed by atoms with Crippen LogP contribution in [0.4, 0.5) is 8.39 Å². The molecule has 0 aromatic heterocycles. The van der Waals surface area contributed by atoms with Crippen LogP contribution in [0.25, 0.3) is 0 Å². The van der Waals surface area contributed by atoms with Crippen molar-refractivity contribution >= 4 is 42.1 Å². The van der Waals surface area contributed by atoms with Crippen molar-refractivity contribution in [1.29, 1.82) is 0 Å². The molecule has 0 aliphatic rings. The molecule has 0 bridgehead atoms. The molecule has 0 radical (unpaired) electrons. The molecule has 0 aromatic carbocycles. The SMILES string of the molecule is O=C=NSSN=C=O.O=P([O-])(F)F.[K+]. The topological polar surface area (TPSA) is 99.0 Å². The van der Waals surface area contributed by atoms with Crippen molar-refractivity contribution in [3.8, 4) is 0 Å². The summed E-state index contributed by atoms with van der Waals surface area (Å²) in [5.41, 5.74) is 0. The van der Waals surface area contributed by atoms with E-state index < -0.39 is 7.99 Å². The van der Waals surface area contributed by atoms with Crippen molar-refractivity contribution in [2.75, 3.05) is 0 Å². The third-order valence-corrected chi connectivity index (χ3v) is 1.19. The van der Waals surface area contributed by atoms with E-state index in [9.17, 15) is 18.0 Å². The Hall–Kier alpha value is 1.15. The normalized spacial score (nSPS) is 7.93. The number of nitrogens with zero attached hydrogens (tertiary/aromatic N) is 2. The van der Waals surface area contributed by atoms with E-state index in [4.69, 9.17) is 9.46 Å². The first-order valence-electron chi connectivity index (χ1n) is 2.09. The summed E-state index contributed by atoms with van der Waals surface area (Å²) in [4.78, 5) is 26.9. The van der Waals surface area contributed by atoms with Crippen molar-refractivity contribution in [3.05, 3.63) is 0 Å². The molecular formula is C2F2KN2O4PS2. The van der Waals surface area contributed by atoms with E-state index in [2.05, 4.69) is 8.80 Å². The summed E-state index contributed by atoms with van der Waals surface area (Å²) in [6.45, 7) is 0. The van der Waals surface area contributed by atoms with Gasteiger partial charge in [0.2, 0.25) is 12.2 Å². The molecular weight excluding hydrogens is 288 g/mol. The molecule has 0 rings (SSSR count). The minimum atomic E-state index is -5.89. The largest absolute Gasteiger partial charge is 1.00 e. The molecule has 0 heterocycles. The van der Waals surface area contributed by atoms with Crippen molar-refractivity contribution in [1.82, 2.24) is 0 Å². The number of hydrogen-bond acceptors (Lipinski definition) is 8. The van der Waals surface area contributed by atoms with Gasteiger partial charge in [0.05, 0.1) is 22.0 Å². The number of carbonyl (C=O) groups excluding carboxylic acids is 2. The summed E-state index contributed by atoms with van der Waals surface area (Å²) in [6, 6.07) is 0. The maximum absolute atomic E-state index is 10.0. The molecule has 6 nitrogen and oxygen atoms in total. The number of halogens is 2. The smallest absolute Gasteiger partial charge is 0.749 e. The van der Waals surface area contributed by atoms with Crippen LogP contribution in [0.5, 0.6) is 0 Å². The van der Waals surface area contributed by atoms with Crippen molar-refractivity contribution in [2.24, 2.45) is 8.80 Å². The average molecular weight is 288 g/mol. The van der Waals surface area contributed by atoms with Gasteiger partial charge < -0.3 is 4.89 Å². The molecule has 0 saturated carbocycles. The second-order valence-electron chi connectivity index (χ2n) is 0.929. The third-order valence-electron chi connectivity index (χ3n) is 0.182. The van der Waals surface area contributed by atoms with Crippen LogP contribution in [0.3, 0.4) is 0 Å². The molecule has 74 valence electrons. The molecule has 12 heteroatoms. The minimum Gasteiger partial charge on any atom is -0.749 e. The Bertz CT molecular complexity index is 248. The molecule has 0 aromatic rings. The third kappa shape index (κ3) is 51.3. The van der Waals surface area contributed by atoms with Crippen LogP contribution in [-0.4, -0.2) is 12.2 Å². The molecule has 0 aliphatic heterocycles. The predicted molar refractivity (Wildman–Crippen MR) is 41.2 cm³/mol. The Kier molecular flexibility index (Phi) is 20.8. The van der Waals surface area contributed by atoms with Gasteiger partial charge in [0, 0.05) is 0 Å². The van der Waals surface area contributed by atoms with E-state index in [1.807, 2.05) is 0 Å². The van der Waals surface area contributed by atoms with Crippen LogP contribution in [0, 0.1) is 0 Å². The Morgan fingerprint density at radius 2 is 1.36 bits per heavy atom. The van der Waals surface area contributed by atoms with Crippen LogP contribution >= 0.6 is 30.0 Å². The van der Waals surface area contributed by atoms with Crippen molar-refractivity contribution < 1.29 is 78.8 Å². The molecule has 0 fully saturated rings. The van der Waals surface area contributed by atoms with Crippen molar-refractivity contribution in [2.45, 2.75) is 0 Å². The second-order valence-corrected chi connectivity index (χ2v) is 3.32. The summed E-state index contributed by atoms with van der Waals surface area (Å²) >= 11 is 0. The first kappa shape index (κ1) is 20.5. The molecule has 0 aliphatic carbocycles. The Balaban J connectivity index is -0.000000177. The quantitative estimate of drug-likeness (QED) is 0.116. The molecule has 0 N–H and O–H groups in total. The Morgan fingerprint density at radius 1 is 1.14 bits per heavy atom. The fourth-order valence-electron chi connectivity index (χ4n) is 0.0638. The fraction of sp³-hybridized carbons (Fsp3) is 0. The molecule has 0 amide bonds. The number of hydrogen-bond donors (Lipinski definition) is 0. The minimum absolute atomic E-state index is 0. The van der Waals surface area contributed by atoms with E-state index in [1.54, 1.807) is 0 Å². The Labute approximate surface area is 128 Å². The summed E-state index contributed by atoms with van der Waals surface area (Å²) in [7, 11) is -4.36. The second kappa shape index (κ2) is 14.1. The van der Waals surface area contributed by atoms with Gasteiger partial charge in [-0.15, -0.1) is 8.80 Å². The van der Waals surface area contributed by atoms with Gasteiger partial charge in [0.1, 0.15) is 0 Å². The van der Waals surface area contributed by atoms with Crippen LogP contribution in [0.15, 0.2) is 8.80 Å². The van der Waals surface area contributed by atoms with E-state index >= 15 is 0 Å². The van der Waals surface area contributed by atoms with E-state index in [1.165, 1.54) is 12.2 Å². The first-order chi connectivity index (χ1) is 5.91. The standard InChI is InChI=1S/C2N2O2S2.F2HO2P.K/c5-1-3-7-8-4-2-6;1-5(2,3)4;/h;(H,3,4);/q;;+1/p-1. The summed E-state index contributed by atoms with van der Waals surface area (Å²) in [6.07, 6.45) is 2.51. The van der Waals surface area contributed by atoms with Crippen LogP contribution in [-0.2, 0) is 14.2 Å². The molecule has 0 saturated heterocycles. The van der Waals surface area contributed by atoms with Crippen LogP contribution in [0.1, 0.15) is 0 Å². The van der Waals surface area contributed by atoms with E-state index in [0.717, 1.165) is 22.0 Å². The van der Waals surface area contributed by atoms with Gasteiger partial charge in [-0.25, -0.2) is 9.59 Å². The van der Waals surface area contributed by atoms with Crippen molar-refractivity contribution in [3.63, 3.8) is 0 Å². The van der Waals surface area contributed by atoms with Crippen LogP contribution < -0.4 is 56.3 Å². The summed E-state index contributed by atoms with van der Waals surface area (Å²) in [5.74, 6) is 0. The van der Waals surface area contributed by atoms with Gasteiger partial charge in [-0.3, -0.25) is 4.57 Å². The monoisotopic (exact) mass is 288 g/mol. The maximum Gasteiger partial charge on any atom is 1.00 e. The molecule has 0 atom stereocenters. The molecule has 14 heavy (non-hydrogen) atoms. The number of isocyanates is 2. The maximum atomic E-state index is 10.0. The molecule has 0 unspecified atom stereocenters. The zero-order valence-corrected chi connectivity index (χ0v) is 12.2. The first-order valence-corrected chi connectivity index (χ1v) is 5.56. The zero-order chi connectivity index (χ0) is 10.7. The van der Waals surface area contributed by atoms with Gasteiger partial charge in [-0.2, -0.15) is 8.39 Å². The predicted octanol–water partition coefficient (Wildman–Crippen LogP) is -1.73. The zero-order valence-electron chi connectivity index (χ0n) is 6.55. The summed E-state index contributed by atoms with van der Waals surface area (Å²) in [5, 5.41) is 0. The van der Waals surface area contributed by atoms with Crippen LogP contribution in [0.2, 0.25) is 0 Å². The molecule has 0 spiro atoms. The van der Waals surface area contributed by atoms with Gasteiger partial charge in [-0.05, 0) is 0 Å².